The topological polar surface area (TPSA) is 52.1 Å². The van der Waals surface area contributed by atoms with Gasteiger partial charge in [-0.3, -0.25) is 9.78 Å². The molecule has 1 aliphatic carbocycles. The number of rotatable bonds is 1. The minimum Gasteiger partial charge on any atom is -0.496 e. The lowest BCUT2D eigenvalue weighted by molar-refractivity contribution is 0.104. The Bertz CT molecular complexity index is 871. The van der Waals surface area contributed by atoms with E-state index in [9.17, 15) is 4.79 Å². The molecule has 0 saturated carbocycles. The summed E-state index contributed by atoms with van der Waals surface area (Å²) in [7, 11) is 1.60. The van der Waals surface area contributed by atoms with Crippen molar-refractivity contribution >= 4 is 16.6 Å². The number of nitrogens with zero attached hydrogens (tertiary/aromatic N) is 2. The summed E-state index contributed by atoms with van der Waals surface area (Å²) in [5.41, 5.74) is 2.40. The number of carbonyl (C=O) groups is 1. The van der Waals surface area contributed by atoms with Crippen LogP contribution in [-0.2, 0) is 0 Å². The average Bonchev–Trinajstić information content (AvgIpc) is 2.81. The lowest BCUT2D eigenvalue weighted by Crippen LogP contribution is -1.99. The van der Waals surface area contributed by atoms with E-state index in [1.54, 1.807) is 13.3 Å². The molecule has 0 N–H and O–H groups in total. The van der Waals surface area contributed by atoms with Crippen molar-refractivity contribution in [2.75, 3.05) is 7.11 Å². The van der Waals surface area contributed by atoms with E-state index in [1.807, 2.05) is 30.3 Å². The maximum absolute atomic E-state index is 12.6. The molecular weight excluding hydrogens is 252 g/mol. The van der Waals surface area contributed by atoms with Gasteiger partial charge in [0.15, 0.2) is 0 Å². The van der Waals surface area contributed by atoms with Crippen LogP contribution >= 0.6 is 0 Å². The van der Waals surface area contributed by atoms with E-state index >= 15 is 0 Å². The van der Waals surface area contributed by atoms with Gasteiger partial charge in [-0.1, -0.05) is 24.3 Å². The fourth-order valence-corrected chi connectivity index (χ4v) is 2.76. The number of hydrogen-bond donors (Lipinski definition) is 0. The van der Waals surface area contributed by atoms with Gasteiger partial charge in [0.2, 0.25) is 5.78 Å². The van der Waals surface area contributed by atoms with Gasteiger partial charge >= 0.3 is 0 Å². The number of methoxy groups -OCH3 is 1. The second-order valence-corrected chi connectivity index (χ2v) is 4.63. The number of ether oxygens (including phenoxy) is 1. The van der Waals surface area contributed by atoms with Crippen LogP contribution in [0.1, 0.15) is 16.1 Å². The Morgan fingerprint density at radius 2 is 1.75 bits per heavy atom. The Hall–Kier alpha value is -2.75. The summed E-state index contributed by atoms with van der Waals surface area (Å²) in [6, 6.07) is 9.71. The van der Waals surface area contributed by atoms with Crippen molar-refractivity contribution in [3.63, 3.8) is 0 Å². The van der Waals surface area contributed by atoms with Gasteiger partial charge in [-0.25, -0.2) is 4.98 Å². The van der Waals surface area contributed by atoms with Gasteiger partial charge in [-0.15, -0.1) is 0 Å². The SMILES string of the molecule is COc1cc2ccccc2c2c1-c1nccnc1C2=O. The summed E-state index contributed by atoms with van der Waals surface area (Å²) in [6.07, 6.45) is 3.13. The average molecular weight is 262 g/mol. The zero-order valence-corrected chi connectivity index (χ0v) is 10.8. The number of ketones is 1. The number of benzene rings is 2. The molecule has 4 nitrogen and oxygen atoms in total. The molecule has 4 heteroatoms. The molecular formula is C16H10N2O2. The monoisotopic (exact) mass is 262 g/mol. The fraction of sp³-hybridized carbons (Fsp3) is 0.0625. The highest BCUT2D eigenvalue weighted by Gasteiger charge is 2.33. The summed E-state index contributed by atoms with van der Waals surface area (Å²) in [4.78, 5) is 21.1. The molecule has 1 heterocycles. The van der Waals surface area contributed by atoms with Crippen molar-refractivity contribution in [2.24, 2.45) is 0 Å². The van der Waals surface area contributed by atoms with E-state index in [1.165, 1.54) is 6.20 Å². The molecule has 0 bridgehead atoms. The standard InChI is InChI=1S/C16H10N2O2/c1-20-11-8-9-4-2-3-5-10(9)12-13(11)14-15(16(12)19)18-7-6-17-14/h2-8H,1H3. The first-order valence-corrected chi connectivity index (χ1v) is 6.27. The summed E-state index contributed by atoms with van der Waals surface area (Å²) in [6.45, 7) is 0. The third-order valence-electron chi connectivity index (χ3n) is 3.61. The summed E-state index contributed by atoms with van der Waals surface area (Å²) < 4.78 is 5.45. The molecule has 0 saturated heterocycles. The summed E-state index contributed by atoms with van der Waals surface area (Å²) in [5, 5.41) is 1.89. The van der Waals surface area contributed by atoms with E-state index < -0.39 is 0 Å². The zero-order valence-electron chi connectivity index (χ0n) is 10.8. The van der Waals surface area contributed by atoms with Crippen LogP contribution in [0, 0.1) is 0 Å². The molecule has 0 aliphatic heterocycles. The first-order chi connectivity index (χ1) is 9.81. The Morgan fingerprint density at radius 1 is 1.00 bits per heavy atom. The normalized spacial score (nSPS) is 12.3. The maximum atomic E-state index is 12.6. The van der Waals surface area contributed by atoms with E-state index in [0.29, 0.717) is 22.7 Å². The quantitative estimate of drug-likeness (QED) is 0.529. The van der Waals surface area contributed by atoms with E-state index in [0.717, 1.165) is 16.3 Å². The predicted octanol–water partition coefficient (Wildman–Crippen LogP) is 2.85. The van der Waals surface area contributed by atoms with Crippen LogP contribution in [0.3, 0.4) is 0 Å². The van der Waals surface area contributed by atoms with Gasteiger partial charge in [0.1, 0.15) is 17.1 Å². The summed E-state index contributed by atoms with van der Waals surface area (Å²) in [5.74, 6) is 0.574. The molecule has 1 aromatic heterocycles. The minimum absolute atomic E-state index is 0.0850. The molecule has 20 heavy (non-hydrogen) atoms. The van der Waals surface area contributed by atoms with E-state index in [4.69, 9.17) is 4.74 Å². The van der Waals surface area contributed by atoms with E-state index in [2.05, 4.69) is 9.97 Å². The molecule has 0 fully saturated rings. The highest BCUT2D eigenvalue weighted by atomic mass is 16.5. The van der Waals surface area contributed by atoms with Crippen LogP contribution in [0.5, 0.6) is 5.75 Å². The minimum atomic E-state index is -0.0850. The Morgan fingerprint density at radius 3 is 2.55 bits per heavy atom. The van der Waals surface area contributed by atoms with Crippen molar-refractivity contribution in [1.29, 1.82) is 0 Å². The molecule has 0 radical (unpaired) electrons. The van der Waals surface area contributed by atoms with Crippen molar-refractivity contribution in [3.8, 4) is 17.0 Å². The molecule has 3 aromatic rings. The van der Waals surface area contributed by atoms with Gasteiger partial charge in [0.25, 0.3) is 0 Å². The lowest BCUT2D eigenvalue weighted by atomic mass is 9.99. The number of hydrogen-bond acceptors (Lipinski definition) is 4. The third-order valence-corrected chi connectivity index (χ3v) is 3.61. The second-order valence-electron chi connectivity index (χ2n) is 4.63. The molecule has 4 rings (SSSR count). The van der Waals surface area contributed by atoms with Crippen LogP contribution in [0.2, 0.25) is 0 Å². The Balaban J connectivity index is 2.22. The van der Waals surface area contributed by atoms with Gasteiger partial charge in [-0.05, 0) is 16.8 Å². The second kappa shape index (κ2) is 3.87. The van der Waals surface area contributed by atoms with Crippen LogP contribution in [0.15, 0.2) is 42.7 Å². The zero-order chi connectivity index (χ0) is 13.7. The van der Waals surface area contributed by atoms with Gasteiger partial charge in [-0.2, -0.15) is 0 Å². The van der Waals surface area contributed by atoms with Crippen LogP contribution < -0.4 is 4.74 Å². The molecule has 2 aromatic carbocycles. The highest BCUT2D eigenvalue weighted by Crippen LogP contribution is 2.44. The molecule has 1 aliphatic rings. The van der Waals surface area contributed by atoms with Crippen molar-refractivity contribution in [1.82, 2.24) is 9.97 Å². The molecule has 0 unspecified atom stereocenters. The number of fused-ring (bicyclic) bond motifs is 5. The molecule has 96 valence electrons. The van der Waals surface area contributed by atoms with Crippen molar-refractivity contribution < 1.29 is 9.53 Å². The number of aromatic nitrogens is 2. The third kappa shape index (κ3) is 1.28. The first kappa shape index (κ1) is 11.1. The lowest BCUT2D eigenvalue weighted by Gasteiger charge is -2.10. The maximum Gasteiger partial charge on any atom is 0.215 e. The number of carbonyl (C=O) groups excluding carboxylic acids is 1. The van der Waals surface area contributed by atoms with Crippen molar-refractivity contribution in [2.45, 2.75) is 0 Å². The van der Waals surface area contributed by atoms with Gasteiger partial charge < -0.3 is 4.74 Å². The summed E-state index contributed by atoms with van der Waals surface area (Å²) >= 11 is 0. The smallest absolute Gasteiger partial charge is 0.215 e. The van der Waals surface area contributed by atoms with Crippen LogP contribution in [0.25, 0.3) is 22.0 Å². The van der Waals surface area contributed by atoms with Crippen LogP contribution in [-0.4, -0.2) is 22.9 Å². The molecule has 0 atom stereocenters. The molecule has 0 spiro atoms. The fourth-order valence-electron chi connectivity index (χ4n) is 2.76. The van der Waals surface area contributed by atoms with E-state index in [-0.39, 0.29) is 5.78 Å². The van der Waals surface area contributed by atoms with Gasteiger partial charge in [0.05, 0.1) is 12.7 Å². The molecule has 0 amide bonds. The Kier molecular flexibility index (Phi) is 2.15. The van der Waals surface area contributed by atoms with Crippen molar-refractivity contribution in [3.05, 3.63) is 54.0 Å². The van der Waals surface area contributed by atoms with Gasteiger partial charge in [0, 0.05) is 18.0 Å². The van der Waals surface area contributed by atoms with Crippen LogP contribution in [0.4, 0.5) is 0 Å². The largest absolute Gasteiger partial charge is 0.496 e. The highest BCUT2D eigenvalue weighted by molar-refractivity contribution is 6.27. The predicted molar refractivity (Wildman–Crippen MR) is 75.0 cm³/mol. The first-order valence-electron chi connectivity index (χ1n) is 6.27. The Labute approximate surface area is 115 Å².